The van der Waals surface area contributed by atoms with E-state index in [0.29, 0.717) is 12.2 Å². The van der Waals surface area contributed by atoms with E-state index >= 15 is 0 Å². The number of aromatic nitrogens is 1. The molecule has 0 bridgehead atoms. The van der Waals surface area contributed by atoms with Crippen LogP contribution in [-0.4, -0.2) is 39.4 Å². The molecule has 1 aliphatic heterocycles. The molecule has 0 unspecified atom stereocenters. The Balaban J connectivity index is 1.62. The maximum atomic E-state index is 13.4. The third-order valence-electron chi connectivity index (χ3n) is 6.48. The van der Waals surface area contributed by atoms with Gasteiger partial charge in [0.15, 0.2) is 0 Å². The van der Waals surface area contributed by atoms with Crippen molar-refractivity contribution < 1.29 is 9.59 Å². The van der Waals surface area contributed by atoms with Crippen LogP contribution in [0.4, 0.5) is 0 Å². The molecule has 2 aliphatic rings. The molecule has 1 saturated carbocycles. The number of benzene rings is 1. The quantitative estimate of drug-likeness (QED) is 0.902. The Kier molecular flexibility index (Phi) is 4.49. The number of hydrogen-bond acceptors (Lipinski definition) is 2. The predicted molar refractivity (Wildman–Crippen MR) is 107 cm³/mol. The monoisotopic (exact) mass is 367 g/mol. The van der Waals surface area contributed by atoms with Gasteiger partial charge in [-0.05, 0) is 57.7 Å². The lowest BCUT2D eigenvalue weighted by Crippen LogP contribution is -2.57. The molecule has 27 heavy (non-hydrogen) atoms. The van der Waals surface area contributed by atoms with Gasteiger partial charge in [-0.1, -0.05) is 24.5 Å². The topological polar surface area (TPSA) is 54.3 Å². The standard InChI is InChI=1S/C22H29N3O2/c1-15-9-10-18-16(13-15)14-19(24(18)3)20(26)25-12-6-11-22(25,2)21(27)23-17-7-4-5-8-17/h9-10,13-14,17H,4-8,11-12H2,1-3H3,(H,23,27)/t22-/m0/s1. The first-order chi connectivity index (χ1) is 12.9. The smallest absolute Gasteiger partial charge is 0.271 e. The fraction of sp³-hybridized carbons (Fsp3) is 0.545. The summed E-state index contributed by atoms with van der Waals surface area (Å²) in [6.45, 7) is 4.61. The summed E-state index contributed by atoms with van der Waals surface area (Å²) in [5.74, 6) is -0.0391. The van der Waals surface area contributed by atoms with E-state index in [1.807, 2.05) is 24.6 Å². The molecule has 1 aliphatic carbocycles. The molecule has 2 heterocycles. The molecule has 0 radical (unpaired) electrons. The van der Waals surface area contributed by atoms with Gasteiger partial charge in [-0.3, -0.25) is 9.59 Å². The van der Waals surface area contributed by atoms with Gasteiger partial charge in [-0.2, -0.15) is 0 Å². The highest BCUT2D eigenvalue weighted by atomic mass is 16.2. The van der Waals surface area contributed by atoms with Crippen LogP contribution in [0, 0.1) is 6.92 Å². The van der Waals surface area contributed by atoms with Gasteiger partial charge in [-0.25, -0.2) is 0 Å². The van der Waals surface area contributed by atoms with Crippen molar-refractivity contribution in [3.8, 4) is 0 Å². The van der Waals surface area contributed by atoms with Crippen LogP contribution in [0.15, 0.2) is 24.3 Å². The van der Waals surface area contributed by atoms with Gasteiger partial charge < -0.3 is 14.8 Å². The number of likely N-dealkylation sites (tertiary alicyclic amines) is 1. The van der Waals surface area contributed by atoms with Crippen molar-refractivity contribution in [1.82, 2.24) is 14.8 Å². The van der Waals surface area contributed by atoms with E-state index in [4.69, 9.17) is 0 Å². The largest absolute Gasteiger partial charge is 0.351 e. The summed E-state index contributed by atoms with van der Waals surface area (Å²) in [6.07, 6.45) is 6.06. The van der Waals surface area contributed by atoms with Crippen molar-refractivity contribution in [3.05, 3.63) is 35.5 Å². The summed E-state index contributed by atoms with van der Waals surface area (Å²) in [4.78, 5) is 28.3. The Morgan fingerprint density at radius 1 is 1.15 bits per heavy atom. The van der Waals surface area contributed by atoms with E-state index in [-0.39, 0.29) is 17.9 Å². The average Bonchev–Trinajstić information content (AvgIpc) is 3.35. The Morgan fingerprint density at radius 3 is 2.63 bits per heavy atom. The van der Waals surface area contributed by atoms with Crippen molar-refractivity contribution in [2.24, 2.45) is 7.05 Å². The number of hydrogen-bond donors (Lipinski definition) is 1. The number of carbonyl (C=O) groups excluding carboxylic acids is 2. The summed E-state index contributed by atoms with van der Waals surface area (Å²) in [7, 11) is 1.93. The lowest BCUT2D eigenvalue weighted by molar-refractivity contribution is -0.130. The molecule has 4 rings (SSSR count). The summed E-state index contributed by atoms with van der Waals surface area (Å²) in [5, 5.41) is 4.27. The highest BCUT2D eigenvalue weighted by molar-refractivity contribution is 6.02. The number of fused-ring (bicyclic) bond motifs is 1. The average molecular weight is 367 g/mol. The van der Waals surface area contributed by atoms with Crippen LogP contribution in [-0.2, 0) is 11.8 Å². The molecule has 1 saturated heterocycles. The fourth-order valence-electron chi connectivity index (χ4n) is 4.75. The minimum atomic E-state index is -0.758. The molecule has 1 aromatic carbocycles. The molecular weight excluding hydrogens is 338 g/mol. The Labute approximate surface area is 160 Å². The Hall–Kier alpha value is -2.30. The van der Waals surface area contributed by atoms with E-state index in [1.165, 1.54) is 18.4 Å². The highest BCUT2D eigenvalue weighted by Crippen LogP contribution is 2.33. The fourth-order valence-corrected chi connectivity index (χ4v) is 4.75. The van der Waals surface area contributed by atoms with Gasteiger partial charge in [-0.15, -0.1) is 0 Å². The van der Waals surface area contributed by atoms with Gasteiger partial charge in [0, 0.05) is 30.5 Å². The third kappa shape index (κ3) is 3.03. The second-order valence-electron chi connectivity index (χ2n) is 8.44. The molecule has 2 amide bonds. The zero-order valence-corrected chi connectivity index (χ0v) is 16.5. The first kappa shape index (κ1) is 18.1. The minimum absolute atomic E-state index is 0.00913. The summed E-state index contributed by atoms with van der Waals surface area (Å²) in [6, 6.07) is 8.44. The molecule has 5 nitrogen and oxygen atoms in total. The van der Waals surface area contributed by atoms with E-state index in [9.17, 15) is 9.59 Å². The predicted octanol–water partition coefficient (Wildman–Crippen LogP) is 3.54. The second kappa shape index (κ2) is 6.70. The zero-order valence-electron chi connectivity index (χ0n) is 16.5. The maximum Gasteiger partial charge on any atom is 0.271 e. The molecule has 1 atom stereocenters. The van der Waals surface area contributed by atoms with Gasteiger partial charge in [0.2, 0.25) is 5.91 Å². The first-order valence-electron chi connectivity index (χ1n) is 10.1. The van der Waals surface area contributed by atoms with Gasteiger partial charge in [0.25, 0.3) is 5.91 Å². The van der Waals surface area contributed by atoms with Crippen LogP contribution in [0.25, 0.3) is 10.9 Å². The molecule has 1 N–H and O–H groups in total. The van der Waals surface area contributed by atoms with Gasteiger partial charge >= 0.3 is 0 Å². The number of amides is 2. The number of aryl methyl sites for hydroxylation is 2. The third-order valence-corrected chi connectivity index (χ3v) is 6.48. The van der Waals surface area contributed by atoms with Crippen LogP contribution in [0.2, 0.25) is 0 Å². The molecule has 2 fully saturated rings. The van der Waals surface area contributed by atoms with E-state index < -0.39 is 5.54 Å². The van der Waals surface area contributed by atoms with Crippen LogP contribution >= 0.6 is 0 Å². The van der Waals surface area contributed by atoms with Crippen LogP contribution in [0.1, 0.15) is 61.5 Å². The lowest BCUT2D eigenvalue weighted by Gasteiger charge is -2.35. The second-order valence-corrected chi connectivity index (χ2v) is 8.44. The van der Waals surface area contributed by atoms with Crippen molar-refractivity contribution in [3.63, 3.8) is 0 Å². The van der Waals surface area contributed by atoms with E-state index in [0.717, 1.165) is 36.6 Å². The molecule has 0 spiro atoms. The minimum Gasteiger partial charge on any atom is -0.351 e. The van der Waals surface area contributed by atoms with Crippen molar-refractivity contribution in [2.75, 3.05) is 6.54 Å². The summed E-state index contributed by atoms with van der Waals surface area (Å²) >= 11 is 0. The van der Waals surface area contributed by atoms with Crippen LogP contribution in [0.3, 0.4) is 0 Å². The van der Waals surface area contributed by atoms with Crippen molar-refractivity contribution in [2.45, 2.75) is 64.0 Å². The highest BCUT2D eigenvalue weighted by Gasteiger charge is 2.47. The van der Waals surface area contributed by atoms with Crippen molar-refractivity contribution in [1.29, 1.82) is 0 Å². The summed E-state index contributed by atoms with van der Waals surface area (Å²) < 4.78 is 1.95. The zero-order chi connectivity index (χ0) is 19.2. The van der Waals surface area contributed by atoms with Crippen LogP contribution < -0.4 is 5.32 Å². The molecule has 2 aromatic rings. The number of carbonyl (C=O) groups is 2. The Morgan fingerprint density at radius 2 is 1.89 bits per heavy atom. The lowest BCUT2D eigenvalue weighted by atomic mass is 9.96. The van der Waals surface area contributed by atoms with E-state index in [1.54, 1.807) is 4.90 Å². The van der Waals surface area contributed by atoms with Crippen LogP contribution in [0.5, 0.6) is 0 Å². The summed E-state index contributed by atoms with van der Waals surface area (Å²) in [5.41, 5.74) is 2.11. The number of rotatable bonds is 3. The maximum absolute atomic E-state index is 13.4. The first-order valence-corrected chi connectivity index (χ1v) is 10.1. The molecular formula is C22H29N3O2. The van der Waals surface area contributed by atoms with Gasteiger partial charge in [0.05, 0.1) is 0 Å². The number of nitrogens with one attached hydrogen (secondary N) is 1. The van der Waals surface area contributed by atoms with Gasteiger partial charge in [0.1, 0.15) is 11.2 Å². The molecule has 144 valence electrons. The van der Waals surface area contributed by atoms with Crippen molar-refractivity contribution >= 4 is 22.7 Å². The Bertz CT molecular complexity index is 894. The molecule has 5 heteroatoms. The van der Waals surface area contributed by atoms with E-state index in [2.05, 4.69) is 30.4 Å². The molecule has 1 aromatic heterocycles. The number of nitrogens with zero attached hydrogens (tertiary/aromatic N) is 2. The normalized spacial score (nSPS) is 23.3. The SMILES string of the molecule is Cc1ccc2c(c1)cc(C(=O)N1CCC[C@@]1(C)C(=O)NC1CCCC1)n2C.